The van der Waals surface area contributed by atoms with Crippen molar-refractivity contribution < 1.29 is 8.83 Å². The fourth-order valence-electron chi connectivity index (χ4n) is 6.96. The van der Waals surface area contributed by atoms with E-state index in [9.17, 15) is 0 Å². The van der Waals surface area contributed by atoms with Crippen LogP contribution in [0.5, 0.6) is 0 Å². The molecule has 0 unspecified atom stereocenters. The molecule has 0 aliphatic heterocycles. The summed E-state index contributed by atoms with van der Waals surface area (Å²) in [5, 5.41) is 6.53. The van der Waals surface area contributed by atoms with Crippen molar-refractivity contribution in [2.75, 3.05) is 0 Å². The normalized spacial score (nSPS) is 11.8. The maximum absolute atomic E-state index is 6.71. The number of rotatable bonds is 4. The Kier molecular flexibility index (Phi) is 5.81. The van der Waals surface area contributed by atoms with Crippen LogP contribution < -0.4 is 0 Å². The van der Waals surface area contributed by atoms with Gasteiger partial charge in [0.25, 0.3) is 0 Å². The Balaban J connectivity index is 1.21. The maximum Gasteiger partial charge on any atom is 0.164 e. The van der Waals surface area contributed by atoms with Gasteiger partial charge in [0, 0.05) is 49.4 Å². The molecule has 0 aliphatic carbocycles. The SMILES string of the molecule is c1ccc(-c2nc(-c3ccccc3)nc(-c3cccc4oc5c(-c6cccc7c6oc6ccc8ccccc8c67)cccc5c34)n2)cc1. The van der Waals surface area contributed by atoms with E-state index < -0.39 is 0 Å². The summed E-state index contributed by atoms with van der Waals surface area (Å²) in [4.78, 5) is 14.9. The molecule has 10 rings (SSSR count). The van der Waals surface area contributed by atoms with Crippen molar-refractivity contribution in [1.29, 1.82) is 0 Å². The van der Waals surface area contributed by atoms with Gasteiger partial charge in [-0.2, -0.15) is 0 Å². The van der Waals surface area contributed by atoms with Crippen molar-refractivity contribution in [3.05, 3.63) is 152 Å². The van der Waals surface area contributed by atoms with Gasteiger partial charge in [0.1, 0.15) is 22.3 Å². The minimum Gasteiger partial charge on any atom is -0.455 e. The highest BCUT2D eigenvalue weighted by molar-refractivity contribution is 6.22. The van der Waals surface area contributed by atoms with Gasteiger partial charge in [0.2, 0.25) is 0 Å². The van der Waals surface area contributed by atoms with Crippen LogP contribution in [-0.2, 0) is 0 Å². The number of furan rings is 2. The molecule has 5 heteroatoms. The van der Waals surface area contributed by atoms with Crippen LogP contribution in [0.15, 0.2) is 160 Å². The third-order valence-electron chi connectivity index (χ3n) is 9.14. The Hall–Kier alpha value is -6.59. The van der Waals surface area contributed by atoms with Crippen LogP contribution in [0.1, 0.15) is 0 Å². The van der Waals surface area contributed by atoms with Crippen LogP contribution in [0.3, 0.4) is 0 Å². The molecule has 0 aliphatic rings. The molecule has 0 spiro atoms. The number of benzene rings is 7. The van der Waals surface area contributed by atoms with Crippen molar-refractivity contribution >= 4 is 54.6 Å². The minimum atomic E-state index is 0.590. The quantitative estimate of drug-likeness (QED) is 0.197. The zero-order chi connectivity index (χ0) is 31.6. The van der Waals surface area contributed by atoms with Crippen molar-refractivity contribution in [3.63, 3.8) is 0 Å². The Bertz CT molecular complexity index is 2780. The van der Waals surface area contributed by atoms with Crippen molar-refractivity contribution in [2.45, 2.75) is 0 Å². The lowest BCUT2D eigenvalue weighted by molar-refractivity contribution is 0.665. The highest BCUT2D eigenvalue weighted by Gasteiger charge is 2.21. The lowest BCUT2D eigenvalue weighted by Gasteiger charge is -2.09. The molecule has 0 saturated heterocycles. The summed E-state index contributed by atoms with van der Waals surface area (Å²) in [6.07, 6.45) is 0. The summed E-state index contributed by atoms with van der Waals surface area (Å²) in [5.41, 5.74) is 7.95. The van der Waals surface area contributed by atoms with Gasteiger partial charge < -0.3 is 8.83 Å². The fourth-order valence-corrected chi connectivity index (χ4v) is 6.96. The molecule has 0 atom stereocenters. The first-order valence-corrected chi connectivity index (χ1v) is 15.9. The molecule has 0 amide bonds. The van der Waals surface area contributed by atoms with Gasteiger partial charge in [0.15, 0.2) is 17.5 Å². The summed E-state index contributed by atoms with van der Waals surface area (Å²) in [5.74, 6) is 1.83. The molecule has 0 bridgehead atoms. The fraction of sp³-hybridized carbons (Fsp3) is 0. The van der Waals surface area contributed by atoms with Crippen LogP contribution >= 0.6 is 0 Å². The molecule has 0 N–H and O–H groups in total. The average molecular weight is 616 g/mol. The first-order valence-electron chi connectivity index (χ1n) is 15.9. The topological polar surface area (TPSA) is 65.0 Å². The molecule has 224 valence electrons. The largest absolute Gasteiger partial charge is 0.455 e. The highest BCUT2D eigenvalue weighted by atomic mass is 16.3. The van der Waals surface area contributed by atoms with E-state index in [1.807, 2.05) is 72.8 Å². The molecule has 0 saturated carbocycles. The average Bonchev–Trinajstić information content (AvgIpc) is 3.74. The Morgan fingerprint density at radius 3 is 1.50 bits per heavy atom. The molecule has 3 heterocycles. The van der Waals surface area contributed by atoms with Gasteiger partial charge in [0.05, 0.1) is 0 Å². The van der Waals surface area contributed by atoms with Gasteiger partial charge in [-0.25, -0.2) is 15.0 Å². The molecule has 10 aromatic rings. The van der Waals surface area contributed by atoms with E-state index in [1.54, 1.807) is 0 Å². The Labute approximate surface area is 274 Å². The van der Waals surface area contributed by atoms with Crippen LogP contribution in [0, 0.1) is 0 Å². The molecular weight excluding hydrogens is 590 g/mol. The minimum absolute atomic E-state index is 0.590. The predicted octanol–water partition coefficient (Wildman–Crippen LogP) is 11.5. The molecule has 5 nitrogen and oxygen atoms in total. The third kappa shape index (κ3) is 4.08. The summed E-state index contributed by atoms with van der Waals surface area (Å²) in [7, 11) is 0. The number of hydrogen-bond donors (Lipinski definition) is 0. The number of nitrogens with zero attached hydrogens (tertiary/aromatic N) is 3. The summed E-state index contributed by atoms with van der Waals surface area (Å²) >= 11 is 0. The molecule has 7 aromatic carbocycles. The summed E-state index contributed by atoms with van der Waals surface area (Å²) < 4.78 is 13.3. The van der Waals surface area contributed by atoms with Crippen molar-refractivity contribution in [2.24, 2.45) is 0 Å². The van der Waals surface area contributed by atoms with E-state index in [0.29, 0.717) is 17.5 Å². The number of aromatic nitrogens is 3. The number of para-hydroxylation sites is 2. The lowest BCUT2D eigenvalue weighted by Crippen LogP contribution is -2.00. The van der Waals surface area contributed by atoms with Crippen molar-refractivity contribution in [1.82, 2.24) is 15.0 Å². The van der Waals surface area contributed by atoms with Crippen LogP contribution in [0.2, 0.25) is 0 Å². The van der Waals surface area contributed by atoms with Crippen LogP contribution in [0.25, 0.3) is 99.9 Å². The van der Waals surface area contributed by atoms with E-state index in [1.165, 1.54) is 10.8 Å². The lowest BCUT2D eigenvalue weighted by atomic mass is 9.98. The maximum atomic E-state index is 6.71. The van der Waals surface area contributed by atoms with E-state index in [0.717, 1.165) is 71.7 Å². The van der Waals surface area contributed by atoms with E-state index >= 15 is 0 Å². The second kappa shape index (κ2) is 10.5. The summed E-state index contributed by atoms with van der Waals surface area (Å²) in [6, 6.07) is 51.4. The Morgan fingerprint density at radius 2 is 0.833 bits per heavy atom. The van der Waals surface area contributed by atoms with E-state index in [4.69, 9.17) is 23.8 Å². The highest BCUT2D eigenvalue weighted by Crippen LogP contribution is 2.44. The second-order valence-electron chi connectivity index (χ2n) is 11.9. The smallest absolute Gasteiger partial charge is 0.164 e. The van der Waals surface area contributed by atoms with Crippen molar-refractivity contribution in [3.8, 4) is 45.3 Å². The first kappa shape index (κ1) is 26.6. The molecule has 0 radical (unpaired) electrons. The van der Waals surface area contributed by atoms with Gasteiger partial charge >= 0.3 is 0 Å². The molecular formula is C43H25N3O2. The number of fused-ring (bicyclic) bond motifs is 8. The second-order valence-corrected chi connectivity index (χ2v) is 11.9. The zero-order valence-corrected chi connectivity index (χ0v) is 25.6. The summed E-state index contributed by atoms with van der Waals surface area (Å²) in [6.45, 7) is 0. The first-order chi connectivity index (χ1) is 23.8. The standard InChI is InChI=1S/C43H25N3O2/c1-3-13-27(14-4-1)41-44-42(28-15-5-2-6-16-28)46-43(45-41)34-22-11-23-35-38(34)33-21-10-19-31(40(33)47-35)30-18-9-20-32-37-29-17-8-7-12-26(29)24-25-36(37)48-39(30)32/h1-25H. The monoisotopic (exact) mass is 615 g/mol. The van der Waals surface area contributed by atoms with Gasteiger partial charge in [-0.1, -0.05) is 140 Å². The Morgan fingerprint density at radius 1 is 0.333 bits per heavy atom. The predicted molar refractivity (Wildman–Crippen MR) is 194 cm³/mol. The van der Waals surface area contributed by atoms with Crippen LogP contribution in [0.4, 0.5) is 0 Å². The third-order valence-corrected chi connectivity index (χ3v) is 9.14. The van der Waals surface area contributed by atoms with E-state index in [-0.39, 0.29) is 0 Å². The zero-order valence-electron chi connectivity index (χ0n) is 25.6. The van der Waals surface area contributed by atoms with Crippen LogP contribution in [-0.4, -0.2) is 15.0 Å². The molecule has 0 fully saturated rings. The van der Waals surface area contributed by atoms with E-state index in [2.05, 4.69) is 78.9 Å². The molecule has 48 heavy (non-hydrogen) atoms. The van der Waals surface area contributed by atoms with Gasteiger partial charge in [-0.3, -0.25) is 0 Å². The van der Waals surface area contributed by atoms with Gasteiger partial charge in [-0.15, -0.1) is 0 Å². The number of hydrogen-bond acceptors (Lipinski definition) is 5. The van der Waals surface area contributed by atoms with Gasteiger partial charge in [-0.05, 0) is 22.9 Å². The molecule has 3 aromatic heterocycles.